The quantitative estimate of drug-likeness (QED) is 0.670. The summed E-state index contributed by atoms with van der Waals surface area (Å²) in [5.41, 5.74) is 0.439. The van der Waals surface area contributed by atoms with E-state index < -0.39 is 0 Å². The Bertz CT molecular complexity index is 284. The molecule has 1 atom stereocenters. The van der Waals surface area contributed by atoms with Crippen LogP contribution in [0.3, 0.4) is 0 Å². The number of rotatable bonds is 9. The fraction of sp³-hybridized carbons (Fsp3) is 0.923. The normalized spacial score (nSPS) is 14.8. The van der Waals surface area contributed by atoms with Crippen molar-refractivity contribution in [3.63, 3.8) is 0 Å². The minimum atomic E-state index is 0.439. The number of aryl methyl sites for hydroxylation is 1. The van der Waals surface area contributed by atoms with Crippen LogP contribution >= 0.6 is 0 Å². The van der Waals surface area contributed by atoms with Crippen LogP contribution in [0.25, 0.3) is 0 Å². The summed E-state index contributed by atoms with van der Waals surface area (Å²) < 4.78 is 0. The molecule has 1 heterocycles. The van der Waals surface area contributed by atoms with E-state index in [0.717, 1.165) is 18.7 Å². The van der Waals surface area contributed by atoms with Crippen LogP contribution in [0, 0.1) is 5.41 Å². The molecule has 0 aliphatic rings. The zero-order chi connectivity index (χ0) is 12.6. The third-order valence-electron chi connectivity index (χ3n) is 3.83. The molecular weight excluding hydrogens is 212 g/mol. The van der Waals surface area contributed by atoms with Crippen LogP contribution in [-0.4, -0.2) is 20.6 Å². The van der Waals surface area contributed by atoms with Crippen molar-refractivity contribution in [1.29, 1.82) is 0 Å². The summed E-state index contributed by atoms with van der Waals surface area (Å²) >= 11 is 0. The lowest BCUT2D eigenvalue weighted by Crippen LogP contribution is -2.16. The van der Waals surface area contributed by atoms with E-state index in [4.69, 9.17) is 0 Å². The number of H-pyrrole nitrogens is 1. The second kappa shape index (κ2) is 7.41. The number of hydrogen-bond donors (Lipinski definition) is 1. The van der Waals surface area contributed by atoms with E-state index in [9.17, 15) is 0 Å². The molecule has 0 bridgehead atoms. The smallest absolute Gasteiger partial charge is 0.174 e. The van der Waals surface area contributed by atoms with Gasteiger partial charge in [0.2, 0.25) is 0 Å². The lowest BCUT2D eigenvalue weighted by atomic mass is 9.78. The van der Waals surface area contributed by atoms with Crippen molar-refractivity contribution in [1.82, 2.24) is 20.6 Å². The first-order chi connectivity index (χ1) is 8.20. The molecule has 98 valence electrons. The summed E-state index contributed by atoms with van der Waals surface area (Å²) in [6.45, 7) is 6.93. The second-order valence-electron chi connectivity index (χ2n) is 5.30. The maximum absolute atomic E-state index is 4.02. The van der Waals surface area contributed by atoms with Crippen LogP contribution in [0.2, 0.25) is 0 Å². The number of aromatic amines is 1. The highest BCUT2D eigenvalue weighted by atomic mass is 15.5. The van der Waals surface area contributed by atoms with Crippen molar-refractivity contribution in [3.8, 4) is 0 Å². The maximum atomic E-state index is 4.02. The van der Waals surface area contributed by atoms with Crippen LogP contribution in [0.4, 0.5) is 0 Å². The molecule has 4 nitrogen and oxygen atoms in total. The molecule has 1 aromatic heterocycles. The Hall–Kier alpha value is -0.930. The van der Waals surface area contributed by atoms with Crippen molar-refractivity contribution >= 4 is 0 Å². The van der Waals surface area contributed by atoms with Crippen molar-refractivity contribution in [3.05, 3.63) is 5.82 Å². The van der Waals surface area contributed by atoms with Gasteiger partial charge in [-0.1, -0.05) is 58.1 Å². The Balaban J connectivity index is 2.29. The van der Waals surface area contributed by atoms with Gasteiger partial charge in [0.15, 0.2) is 5.82 Å². The van der Waals surface area contributed by atoms with Crippen LogP contribution in [0.15, 0.2) is 0 Å². The predicted molar refractivity (Wildman–Crippen MR) is 69.7 cm³/mol. The van der Waals surface area contributed by atoms with Crippen LogP contribution < -0.4 is 0 Å². The van der Waals surface area contributed by atoms with E-state index in [0.29, 0.717) is 5.41 Å². The van der Waals surface area contributed by atoms with Gasteiger partial charge in [0.05, 0.1) is 0 Å². The van der Waals surface area contributed by atoms with E-state index in [2.05, 4.69) is 41.4 Å². The molecule has 17 heavy (non-hydrogen) atoms. The monoisotopic (exact) mass is 238 g/mol. The molecule has 4 heteroatoms. The number of hydrogen-bond acceptors (Lipinski definition) is 3. The summed E-state index contributed by atoms with van der Waals surface area (Å²) in [6.07, 6.45) is 10.1. The first-order valence-corrected chi connectivity index (χ1v) is 6.92. The summed E-state index contributed by atoms with van der Waals surface area (Å²) in [4.78, 5) is 0. The first kappa shape index (κ1) is 14.1. The summed E-state index contributed by atoms with van der Waals surface area (Å²) in [5.74, 6) is 0.846. The predicted octanol–water partition coefficient (Wildman–Crippen LogP) is 3.52. The van der Waals surface area contributed by atoms with Gasteiger partial charge in [0.25, 0.3) is 0 Å². The first-order valence-electron chi connectivity index (χ1n) is 6.92. The van der Waals surface area contributed by atoms with Crippen molar-refractivity contribution in [2.24, 2.45) is 5.41 Å². The minimum absolute atomic E-state index is 0.439. The molecule has 0 spiro atoms. The average Bonchev–Trinajstić information content (AvgIpc) is 2.85. The largest absolute Gasteiger partial charge is 0.177 e. The highest BCUT2D eigenvalue weighted by molar-refractivity contribution is 4.82. The SMILES string of the molecule is CCCCCCC(C)(CC)CCc1nn[nH]n1. The van der Waals surface area contributed by atoms with Gasteiger partial charge in [-0.05, 0) is 18.3 Å². The maximum Gasteiger partial charge on any atom is 0.174 e. The Morgan fingerprint density at radius 2 is 1.94 bits per heavy atom. The Labute approximate surface area is 105 Å². The fourth-order valence-corrected chi connectivity index (χ4v) is 2.16. The van der Waals surface area contributed by atoms with Crippen molar-refractivity contribution in [2.75, 3.05) is 0 Å². The van der Waals surface area contributed by atoms with E-state index in [1.807, 2.05) is 0 Å². The summed E-state index contributed by atoms with van der Waals surface area (Å²) in [6, 6.07) is 0. The molecule has 1 unspecified atom stereocenters. The fourth-order valence-electron chi connectivity index (χ4n) is 2.16. The summed E-state index contributed by atoms with van der Waals surface area (Å²) in [5, 5.41) is 14.1. The summed E-state index contributed by atoms with van der Waals surface area (Å²) in [7, 11) is 0. The second-order valence-corrected chi connectivity index (χ2v) is 5.30. The molecule has 1 aromatic rings. The molecule has 0 radical (unpaired) electrons. The third-order valence-corrected chi connectivity index (χ3v) is 3.83. The molecule has 0 fully saturated rings. The molecule has 0 saturated heterocycles. The molecular formula is C13H26N4. The van der Waals surface area contributed by atoms with Gasteiger partial charge in [-0.25, -0.2) is 0 Å². The van der Waals surface area contributed by atoms with Crippen LogP contribution in [0.5, 0.6) is 0 Å². The lowest BCUT2D eigenvalue weighted by molar-refractivity contribution is 0.249. The number of aromatic nitrogens is 4. The molecule has 0 amide bonds. The Kier molecular flexibility index (Phi) is 6.16. The van der Waals surface area contributed by atoms with Crippen LogP contribution in [0.1, 0.15) is 71.5 Å². The standard InChI is InChI=1S/C13H26N4/c1-4-6-7-8-10-13(3,5-2)11-9-12-14-16-17-15-12/h4-11H2,1-3H3,(H,14,15,16,17). The average molecular weight is 238 g/mol. The molecule has 0 aromatic carbocycles. The van der Waals surface area contributed by atoms with Gasteiger partial charge in [-0.2, -0.15) is 5.21 Å². The minimum Gasteiger partial charge on any atom is -0.177 e. The zero-order valence-corrected chi connectivity index (χ0v) is 11.5. The highest BCUT2D eigenvalue weighted by Crippen LogP contribution is 2.33. The molecule has 0 aliphatic carbocycles. The molecule has 0 saturated carbocycles. The van der Waals surface area contributed by atoms with Crippen molar-refractivity contribution in [2.45, 2.75) is 72.1 Å². The Morgan fingerprint density at radius 1 is 1.12 bits per heavy atom. The van der Waals surface area contributed by atoms with E-state index in [1.165, 1.54) is 38.5 Å². The van der Waals surface area contributed by atoms with Gasteiger partial charge in [0, 0.05) is 6.42 Å². The van der Waals surface area contributed by atoms with Crippen LogP contribution in [-0.2, 0) is 6.42 Å². The number of nitrogens with zero attached hydrogens (tertiary/aromatic N) is 3. The van der Waals surface area contributed by atoms with Gasteiger partial charge in [-0.15, -0.1) is 10.2 Å². The molecule has 0 aliphatic heterocycles. The third kappa shape index (κ3) is 5.29. The molecule has 1 rings (SSSR count). The van der Waals surface area contributed by atoms with Gasteiger partial charge in [-0.3, -0.25) is 0 Å². The van der Waals surface area contributed by atoms with E-state index >= 15 is 0 Å². The number of tetrazole rings is 1. The lowest BCUT2D eigenvalue weighted by Gasteiger charge is -2.27. The van der Waals surface area contributed by atoms with Gasteiger partial charge in [0.1, 0.15) is 0 Å². The number of unbranched alkanes of at least 4 members (excludes halogenated alkanes) is 3. The van der Waals surface area contributed by atoms with Gasteiger partial charge >= 0.3 is 0 Å². The number of nitrogens with one attached hydrogen (secondary N) is 1. The van der Waals surface area contributed by atoms with E-state index in [-0.39, 0.29) is 0 Å². The van der Waals surface area contributed by atoms with Crippen molar-refractivity contribution < 1.29 is 0 Å². The Morgan fingerprint density at radius 3 is 2.53 bits per heavy atom. The zero-order valence-electron chi connectivity index (χ0n) is 11.5. The molecule has 1 N–H and O–H groups in total. The van der Waals surface area contributed by atoms with E-state index in [1.54, 1.807) is 0 Å². The highest BCUT2D eigenvalue weighted by Gasteiger charge is 2.21. The van der Waals surface area contributed by atoms with Gasteiger partial charge < -0.3 is 0 Å². The topological polar surface area (TPSA) is 54.5 Å².